The largest absolute Gasteiger partial charge is 0.251 e. The van der Waals surface area contributed by atoms with E-state index in [4.69, 9.17) is 0 Å². The number of hydrogen-bond acceptors (Lipinski definition) is 2. The Kier molecular flexibility index (Phi) is 4.38. The standard InChI is InChI=1S/C6H15NS/c1-5-6(2)7(3)8-4/h6H,5H2,1-4H3. The number of rotatable bonds is 3. The van der Waals surface area contributed by atoms with Crippen molar-refractivity contribution in [3.8, 4) is 0 Å². The maximum absolute atomic E-state index is 2.26. The van der Waals surface area contributed by atoms with Crippen molar-refractivity contribution in [3.63, 3.8) is 0 Å². The molecule has 0 radical (unpaired) electrons. The summed E-state index contributed by atoms with van der Waals surface area (Å²) in [6.07, 6.45) is 3.34. The second kappa shape index (κ2) is 4.21. The van der Waals surface area contributed by atoms with E-state index in [2.05, 4.69) is 31.5 Å². The van der Waals surface area contributed by atoms with Gasteiger partial charge in [-0.15, -0.1) is 0 Å². The van der Waals surface area contributed by atoms with E-state index in [0.717, 1.165) is 0 Å². The van der Waals surface area contributed by atoms with E-state index in [1.165, 1.54) is 6.42 Å². The van der Waals surface area contributed by atoms with Gasteiger partial charge in [0.25, 0.3) is 0 Å². The Morgan fingerprint density at radius 2 is 2.12 bits per heavy atom. The first-order valence-electron chi connectivity index (χ1n) is 2.99. The van der Waals surface area contributed by atoms with Crippen molar-refractivity contribution in [1.29, 1.82) is 0 Å². The summed E-state index contributed by atoms with van der Waals surface area (Å²) in [5, 5.41) is 0. The molecule has 0 aliphatic carbocycles. The molecule has 0 saturated carbocycles. The molecule has 0 rings (SSSR count). The Balaban J connectivity index is 3.29. The molecular weight excluding hydrogens is 118 g/mol. The SMILES string of the molecule is CCC(C)N(C)SC. The molecule has 0 aromatic rings. The average molecular weight is 133 g/mol. The normalized spacial score (nSPS) is 14.6. The predicted molar refractivity (Wildman–Crippen MR) is 41.0 cm³/mol. The first-order chi connectivity index (χ1) is 3.72. The van der Waals surface area contributed by atoms with E-state index in [1.54, 1.807) is 11.9 Å². The second-order valence-corrected chi connectivity index (χ2v) is 2.93. The van der Waals surface area contributed by atoms with E-state index in [9.17, 15) is 0 Å². The van der Waals surface area contributed by atoms with Crippen LogP contribution in [0.4, 0.5) is 0 Å². The lowest BCUT2D eigenvalue weighted by Gasteiger charge is -2.19. The monoisotopic (exact) mass is 133 g/mol. The predicted octanol–water partition coefficient (Wildman–Crippen LogP) is 1.99. The van der Waals surface area contributed by atoms with Crippen LogP contribution in [0.1, 0.15) is 20.3 Å². The highest BCUT2D eigenvalue weighted by atomic mass is 32.2. The highest BCUT2D eigenvalue weighted by molar-refractivity contribution is 7.96. The lowest BCUT2D eigenvalue weighted by atomic mass is 10.3. The summed E-state index contributed by atoms with van der Waals surface area (Å²) in [6, 6.07) is 0.713. The minimum absolute atomic E-state index is 0.713. The van der Waals surface area contributed by atoms with Gasteiger partial charge in [0.05, 0.1) is 0 Å². The van der Waals surface area contributed by atoms with Crippen LogP contribution in [0.3, 0.4) is 0 Å². The molecule has 0 fully saturated rings. The first kappa shape index (κ1) is 8.31. The van der Waals surface area contributed by atoms with Crippen LogP contribution in [0.15, 0.2) is 0 Å². The van der Waals surface area contributed by atoms with Gasteiger partial charge >= 0.3 is 0 Å². The van der Waals surface area contributed by atoms with Crippen LogP contribution in [0, 0.1) is 0 Å². The van der Waals surface area contributed by atoms with Crippen molar-refractivity contribution >= 4 is 11.9 Å². The summed E-state index contributed by atoms with van der Waals surface area (Å²) in [5.41, 5.74) is 0. The molecular formula is C6H15NS. The molecule has 0 saturated heterocycles. The number of nitrogens with zero attached hydrogens (tertiary/aromatic N) is 1. The molecule has 0 aliphatic heterocycles. The van der Waals surface area contributed by atoms with Crippen LogP contribution < -0.4 is 0 Å². The molecule has 1 nitrogen and oxygen atoms in total. The zero-order valence-electron chi connectivity index (χ0n) is 6.14. The van der Waals surface area contributed by atoms with Gasteiger partial charge < -0.3 is 0 Å². The van der Waals surface area contributed by atoms with Gasteiger partial charge in [-0.05, 0) is 26.6 Å². The minimum Gasteiger partial charge on any atom is -0.251 e. The Hall–Kier alpha value is 0.310. The van der Waals surface area contributed by atoms with E-state index >= 15 is 0 Å². The van der Waals surface area contributed by atoms with Crippen molar-refractivity contribution in [2.45, 2.75) is 26.3 Å². The molecule has 0 amide bonds. The Bertz CT molecular complexity index is 48.5. The summed E-state index contributed by atoms with van der Waals surface area (Å²) in [6.45, 7) is 4.44. The zero-order valence-corrected chi connectivity index (χ0v) is 6.96. The van der Waals surface area contributed by atoms with Crippen molar-refractivity contribution in [2.75, 3.05) is 13.3 Å². The van der Waals surface area contributed by atoms with Crippen molar-refractivity contribution in [3.05, 3.63) is 0 Å². The van der Waals surface area contributed by atoms with Crippen LogP contribution >= 0.6 is 11.9 Å². The van der Waals surface area contributed by atoms with Crippen LogP contribution in [-0.2, 0) is 0 Å². The fraction of sp³-hybridized carbons (Fsp3) is 1.00. The Labute approximate surface area is 56.6 Å². The maximum Gasteiger partial charge on any atom is 0.0168 e. The van der Waals surface area contributed by atoms with Crippen LogP contribution in [0.5, 0.6) is 0 Å². The Morgan fingerprint density at radius 1 is 1.62 bits per heavy atom. The smallest absolute Gasteiger partial charge is 0.0168 e. The third-order valence-corrected chi connectivity index (χ3v) is 2.44. The summed E-state index contributed by atoms with van der Waals surface area (Å²) in [4.78, 5) is 0. The zero-order chi connectivity index (χ0) is 6.57. The maximum atomic E-state index is 2.26. The molecule has 0 aliphatic rings. The van der Waals surface area contributed by atoms with Crippen LogP contribution in [0.2, 0.25) is 0 Å². The summed E-state index contributed by atoms with van der Waals surface area (Å²) < 4.78 is 2.26. The lowest BCUT2D eigenvalue weighted by Crippen LogP contribution is -2.20. The van der Waals surface area contributed by atoms with Crippen molar-refractivity contribution < 1.29 is 0 Å². The Morgan fingerprint density at radius 3 is 2.25 bits per heavy atom. The molecule has 0 bridgehead atoms. The topological polar surface area (TPSA) is 3.24 Å². The van der Waals surface area contributed by atoms with Crippen molar-refractivity contribution in [1.82, 2.24) is 4.31 Å². The molecule has 1 unspecified atom stereocenters. The van der Waals surface area contributed by atoms with Gasteiger partial charge in [0.1, 0.15) is 0 Å². The van der Waals surface area contributed by atoms with Gasteiger partial charge in [0.2, 0.25) is 0 Å². The fourth-order valence-electron chi connectivity index (χ4n) is 0.437. The molecule has 1 atom stereocenters. The molecule has 0 aromatic heterocycles. The summed E-state index contributed by atoms with van der Waals surface area (Å²) in [7, 11) is 2.12. The highest BCUT2D eigenvalue weighted by Crippen LogP contribution is 2.08. The first-order valence-corrected chi connectivity index (χ1v) is 4.17. The number of hydrogen-bond donors (Lipinski definition) is 0. The minimum atomic E-state index is 0.713. The molecule has 0 aromatic carbocycles. The molecule has 0 N–H and O–H groups in total. The van der Waals surface area contributed by atoms with E-state index in [0.29, 0.717) is 6.04 Å². The van der Waals surface area contributed by atoms with Crippen LogP contribution in [-0.4, -0.2) is 23.7 Å². The molecule has 8 heavy (non-hydrogen) atoms. The molecule has 50 valence electrons. The van der Waals surface area contributed by atoms with E-state index in [1.807, 2.05) is 0 Å². The molecule has 2 heteroatoms. The molecule has 0 spiro atoms. The quantitative estimate of drug-likeness (QED) is 0.542. The van der Waals surface area contributed by atoms with Gasteiger partial charge in [-0.2, -0.15) is 0 Å². The van der Waals surface area contributed by atoms with Gasteiger partial charge in [-0.25, -0.2) is 0 Å². The van der Waals surface area contributed by atoms with E-state index < -0.39 is 0 Å². The van der Waals surface area contributed by atoms with E-state index in [-0.39, 0.29) is 0 Å². The van der Waals surface area contributed by atoms with Crippen LogP contribution in [0.25, 0.3) is 0 Å². The third kappa shape index (κ3) is 2.58. The molecule has 0 heterocycles. The summed E-state index contributed by atoms with van der Waals surface area (Å²) in [5.74, 6) is 0. The highest BCUT2D eigenvalue weighted by Gasteiger charge is 2.02. The van der Waals surface area contributed by atoms with Crippen molar-refractivity contribution in [2.24, 2.45) is 0 Å². The lowest BCUT2D eigenvalue weighted by molar-refractivity contribution is 0.427. The van der Waals surface area contributed by atoms with Gasteiger partial charge in [-0.1, -0.05) is 18.9 Å². The third-order valence-electron chi connectivity index (χ3n) is 1.50. The average Bonchev–Trinajstić information content (AvgIpc) is 1.84. The van der Waals surface area contributed by atoms with Gasteiger partial charge in [-0.3, -0.25) is 4.31 Å². The second-order valence-electron chi connectivity index (χ2n) is 1.99. The van der Waals surface area contributed by atoms with Gasteiger partial charge in [0.15, 0.2) is 0 Å². The summed E-state index contributed by atoms with van der Waals surface area (Å²) >= 11 is 1.79. The fourth-order valence-corrected chi connectivity index (χ4v) is 0.946. The van der Waals surface area contributed by atoms with Gasteiger partial charge in [0, 0.05) is 6.04 Å².